The van der Waals surface area contributed by atoms with Gasteiger partial charge in [-0.1, -0.05) is 12.1 Å². The number of hydrogen-bond acceptors (Lipinski definition) is 6. The van der Waals surface area contributed by atoms with Crippen LogP contribution in [-0.4, -0.2) is 37.4 Å². The van der Waals surface area contributed by atoms with Crippen LogP contribution in [-0.2, 0) is 11.3 Å². The van der Waals surface area contributed by atoms with Crippen molar-refractivity contribution in [1.29, 1.82) is 0 Å². The molecule has 1 amide bonds. The zero-order chi connectivity index (χ0) is 17.9. The maximum Gasteiger partial charge on any atom is 0.223 e. The molecule has 0 spiro atoms. The molecule has 1 atom stereocenters. The molecule has 3 aromatic rings. The van der Waals surface area contributed by atoms with E-state index in [-0.39, 0.29) is 17.6 Å². The monoisotopic (exact) mass is 366 g/mol. The molecule has 0 aliphatic carbocycles. The molecule has 1 unspecified atom stereocenters. The molecule has 1 aromatic carbocycles. The van der Waals surface area contributed by atoms with Crippen LogP contribution < -0.4 is 0 Å². The summed E-state index contributed by atoms with van der Waals surface area (Å²) in [5.74, 6) is 1.21. The van der Waals surface area contributed by atoms with Gasteiger partial charge in [-0.3, -0.25) is 4.79 Å². The molecule has 1 aliphatic rings. The van der Waals surface area contributed by atoms with E-state index in [9.17, 15) is 9.90 Å². The molecule has 3 heterocycles. The van der Waals surface area contributed by atoms with Crippen LogP contribution in [0.15, 0.2) is 48.1 Å². The van der Waals surface area contributed by atoms with Gasteiger partial charge in [0.05, 0.1) is 12.2 Å². The summed E-state index contributed by atoms with van der Waals surface area (Å²) in [5, 5.41) is 12.1. The lowest BCUT2D eigenvalue weighted by molar-refractivity contribution is -0.134. The molecule has 1 aliphatic heterocycles. The number of piperidine rings is 1. The van der Waals surface area contributed by atoms with E-state index in [0.29, 0.717) is 25.3 Å². The Labute approximate surface area is 155 Å². The first-order valence-electron chi connectivity index (χ1n) is 8.47. The Hall–Kier alpha value is -2.80. The standard InChI is InChI=1S/C19H18N4O2S/c24-16-4-2-13(3-5-16)14-6-9-23(17(25)10-14)11-15-12-26-19(22-15)18-20-7-1-8-21-18/h1-5,7-8,12,14,24H,6,9-11H2. The van der Waals surface area contributed by atoms with Gasteiger partial charge in [0.1, 0.15) is 5.75 Å². The van der Waals surface area contributed by atoms with Crippen LogP contribution in [0.1, 0.15) is 30.0 Å². The van der Waals surface area contributed by atoms with Crippen LogP contribution in [0.4, 0.5) is 0 Å². The molecule has 6 nitrogen and oxygen atoms in total. The van der Waals surface area contributed by atoms with Crippen molar-refractivity contribution in [3.8, 4) is 16.6 Å². The number of amides is 1. The van der Waals surface area contributed by atoms with Crippen molar-refractivity contribution in [2.24, 2.45) is 0 Å². The minimum atomic E-state index is 0.139. The molecule has 0 radical (unpaired) electrons. The van der Waals surface area contributed by atoms with E-state index >= 15 is 0 Å². The van der Waals surface area contributed by atoms with Crippen molar-refractivity contribution in [2.45, 2.75) is 25.3 Å². The fourth-order valence-electron chi connectivity index (χ4n) is 3.16. The fourth-order valence-corrected chi connectivity index (χ4v) is 3.92. The number of thiazole rings is 1. The summed E-state index contributed by atoms with van der Waals surface area (Å²) in [6, 6.07) is 8.92. The molecule has 132 valence electrons. The summed E-state index contributed by atoms with van der Waals surface area (Å²) < 4.78 is 0. The zero-order valence-electron chi connectivity index (χ0n) is 14.1. The molecular weight excluding hydrogens is 348 g/mol. The number of nitrogens with zero attached hydrogens (tertiary/aromatic N) is 4. The summed E-state index contributed by atoms with van der Waals surface area (Å²) >= 11 is 1.49. The van der Waals surface area contributed by atoms with Gasteiger partial charge < -0.3 is 10.0 Å². The molecule has 2 aromatic heterocycles. The summed E-state index contributed by atoms with van der Waals surface area (Å²) in [6.07, 6.45) is 4.79. The Morgan fingerprint density at radius 1 is 1.19 bits per heavy atom. The highest BCUT2D eigenvalue weighted by molar-refractivity contribution is 7.13. The zero-order valence-corrected chi connectivity index (χ0v) is 14.9. The first-order chi connectivity index (χ1) is 12.7. The van der Waals surface area contributed by atoms with Gasteiger partial charge >= 0.3 is 0 Å². The lowest BCUT2D eigenvalue weighted by Gasteiger charge is -2.31. The Morgan fingerprint density at radius 3 is 2.69 bits per heavy atom. The average Bonchev–Trinajstić information content (AvgIpc) is 3.13. The van der Waals surface area contributed by atoms with Gasteiger partial charge in [0.2, 0.25) is 5.91 Å². The Balaban J connectivity index is 1.40. The van der Waals surface area contributed by atoms with Gasteiger partial charge in [-0.25, -0.2) is 15.0 Å². The number of likely N-dealkylation sites (tertiary alicyclic amines) is 1. The number of phenolic OH excluding ortho intramolecular Hbond substituents is 1. The predicted molar refractivity (Wildman–Crippen MR) is 98.6 cm³/mol. The third-order valence-corrected chi connectivity index (χ3v) is 5.43. The van der Waals surface area contributed by atoms with Gasteiger partial charge in [-0.15, -0.1) is 11.3 Å². The molecule has 0 bridgehead atoms. The van der Waals surface area contributed by atoms with Crippen molar-refractivity contribution >= 4 is 17.2 Å². The van der Waals surface area contributed by atoms with E-state index in [0.717, 1.165) is 22.7 Å². The molecule has 26 heavy (non-hydrogen) atoms. The maximum absolute atomic E-state index is 12.6. The van der Waals surface area contributed by atoms with Crippen molar-refractivity contribution in [3.05, 3.63) is 59.4 Å². The van der Waals surface area contributed by atoms with E-state index in [4.69, 9.17) is 0 Å². The number of aromatic nitrogens is 3. The SMILES string of the molecule is O=C1CC(c2ccc(O)cc2)CCN1Cc1csc(-c2ncccn2)n1. The summed E-state index contributed by atoms with van der Waals surface area (Å²) in [4.78, 5) is 27.4. The second-order valence-corrected chi connectivity index (χ2v) is 7.17. The highest BCUT2D eigenvalue weighted by Gasteiger charge is 2.27. The average molecular weight is 366 g/mol. The molecule has 1 saturated heterocycles. The second kappa shape index (κ2) is 7.21. The quantitative estimate of drug-likeness (QED) is 0.767. The summed E-state index contributed by atoms with van der Waals surface area (Å²) in [7, 11) is 0. The molecule has 1 N–H and O–H groups in total. The lowest BCUT2D eigenvalue weighted by Crippen LogP contribution is -2.37. The third kappa shape index (κ3) is 3.57. The van der Waals surface area contributed by atoms with Crippen LogP contribution in [0.25, 0.3) is 10.8 Å². The lowest BCUT2D eigenvalue weighted by atomic mass is 9.89. The van der Waals surface area contributed by atoms with Crippen molar-refractivity contribution in [3.63, 3.8) is 0 Å². The first kappa shape index (κ1) is 16.7. The maximum atomic E-state index is 12.6. The van der Waals surface area contributed by atoms with Crippen molar-refractivity contribution in [2.75, 3.05) is 6.54 Å². The van der Waals surface area contributed by atoms with Crippen molar-refractivity contribution < 1.29 is 9.90 Å². The molecule has 0 saturated carbocycles. The smallest absolute Gasteiger partial charge is 0.223 e. The Kier molecular flexibility index (Phi) is 4.62. The van der Waals surface area contributed by atoms with E-state index in [1.807, 2.05) is 22.4 Å². The predicted octanol–water partition coefficient (Wildman–Crippen LogP) is 3.21. The van der Waals surface area contributed by atoms with E-state index in [2.05, 4.69) is 15.0 Å². The number of benzene rings is 1. The molecular formula is C19H18N4O2S. The molecule has 7 heteroatoms. The number of carbonyl (C=O) groups excluding carboxylic acids is 1. The van der Waals surface area contributed by atoms with Crippen LogP contribution in [0, 0.1) is 0 Å². The van der Waals surface area contributed by atoms with E-state index < -0.39 is 0 Å². The number of hydrogen-bond donors (Lipinski definition) is 1. The van der Waals surface area contributed by atoms with Crippen LogP contribution in [0.3, 0.4) is 0 Å². The van der Waals surface area contributed by atoms with Gasteiger partial charge in [0.15, 0.2) is 10.8 Å². The summed E-state index contributed by atoms with van der Waals surface area (Å²) in [5.41, 5.74) is 1.97. The highest BCUT2D eigenvalue weighted by atomic mass is 32.1. The first-order valence-corrected chi connectivity index (χ1v) is 9.35. The van der Waals surface area contributed by atoms with Gasteiger partial charge in [-0.2, -0.15) is 0 Å². The van der Waals surface area contributed by atoms with Crippen LogP contribution in [0.5, 0.6) is 5.75 Å². The Morgan fingerprint density at radius 2 is 1.96 bits per heavy atom. The van der Waals surface area contributed by atoms with Crippen LogP contribution in [0.2, 0.25) is 0 Å². The fraction of sp³-hybridized carbons (Fsp3) is 0.263. The highest BCUT2D eigenvalue weighted by Crippen LogP contribution is 2.30. The number of carbonyl (C=O) groups is 1. The molecule has 1 fully saturated rings. The largest absolute Gasteiger partial charge is 0.508 e. The van der Waals surface area contributed by atoms with Gasteiger partial charge in [-0.05, 0) is 36.1 Å². The minimum absolute atomic E-state index is 0.139. The van der Waals surface area contributed by atoms with Gasteiger partial charge in [0.25, 0.3) is 0 Å². The number of phenols is 1. The van der Waals surface area contributed by atoms with Crippen LogP contribution >= 0.6 is 11.3 Å². The van der Waals surface area contributed by atoms with Gasteiger partial charge in [0, 0.05) is 30.7 Å². The van der Waals surface area contributed by atoms with Crippen molar-refractivity contribution in [1.82, 2.24) is 19.9 Å². The second-order valence-electron chi connectivity index (χ2n) is 6.31. The molecule has 4 rings (SSSR count). The minimum Gasteiger partial charge on any atom is -0.508 e. The van der Waals surface area contributed by atoms with E-state index in [1.165, 1.54) is 11.3 Å². The van der Waals surface area contributed by atoms with E-state index in [1.54, 1.807) is 30.6 Å². The number of aromatic hydroxyl groups is 1. The normalized spacial score (nSPS) is 17.5. The topological polar surface area (TPSA) is 79.2 Å². The Bertz CT molecular complexity index is 895. The third-order valence-electron chi connectivity index (χ3n) is 4.55. The summed E-state index contributed by atoms with van der Waals surface area (Å²) in [6.45, 7) is 1.23. The number of rotatable bonds is 4.